The van der Waals surface area contributed by atoms with Gasteiger partial charge in [0.2, 0.25) is 0 Å². The normalized spacial score (nSPS) is 16.5. The Morgan fingerprint density at radius 2 is 1.65 bits per heavy atom. The van der Waals surface area contributed by atoms with Crippen LogP contribution in [0.3, 0.4) is 0 Å². The molecule has 0 spiro atoms. The third-order valence-corrected chi connectivity index (χ3v) is 5.50. The van der Waals surface area contributed by atoms with Gasteiger partial charge in [0.25, 0.3) is 5.91 Å². The molecule has 0 aliphatic carbocycles. The van der Waals surface area contributed by atoms with Crippen molar-refractivity contribution in [3.05, 3.63) is 64.6 Å². The van der Waals surface area contributed by atoms with E-state index in [0.29, 0.717) is 9.23 Å². The Bertz CT molecular complexity index is 862. The SMILES string of the molecule is COc1ccc(N2C(=O)/C(=C/c3ccc(C(C)(C)C)cc3)SC2=S)cc1. The summed E-state index contributed by atoms with van der Waals surface area (Å²) < 4.78 is 5.71. The summed E-state index contributed by atoms with van der Waals surface area (Å²) in [7, 11) is 1.61. The van der Waals surface area contributed by atoms with Gasteiger partial charge in [-0.05, 0) is 46.9 Å². The second kappa shape index (κ2) is 7.25. The lowest BCUT2D eigenvalue weighted by atomic mass is 9.87. The van der Waals surface area contributed by atoms with Crippen LogP contribution in [-0.2, 0) is 10.2 Å². The lowest BCUT2D eigenvalue weighted by Crippen LogP contribution is -2.27. The van der Waals surface area contributed by atoms with Crippen LogP contribution in [0.4, 0.5) is 5.69 Å². The Kier molecular flexibility index (Phi) is 5.21. The van der Waals surface area contributed by atoms with Crippen molar-refractivity contribution in [2.45, 2.75) is 26.2 Å². The van der Waals surface area contributed by atoms with Gasteiger partial charge in [-0.2, -0.15) is 0 Å². The zero-order valence-corrected chi connectivity index (χ0v) is 16.9. The molecular formula is C21H21NO2S2. The molecule has 1 aliphatic rings. The number of ether oxygens (including phenoxy) is 1. The smallest absolute Gasteiger partial charge is 0.270 e. The largest absolute Gasteiger partial charge is 0.497 e. The fraction of sp³-hybridized carbons (Fsp3) is 0.238. The van der Waals surface area contributed by atoms with E-state index >= 15 is 0 Å². The number of nitrogens with zero attached hydrogens (tertiary/aromatic N) is 1. The first-order chi connectivity index (χ1) is 12.3. The maximum absolute atomic E-state index is 12.8. The number of hydrogen-bond acceptors (Lipinski definition) is 4. The summed E-state index contributed by atoms with van der Waals surface area (Å²) in [5.41, 5.74) is 3.12. The number of anilines is 1. The molecule has 0 atom stereocenters. The molecule has 0 saturated carbocycles. The molecule has 1 saturated heterocycles. The third kappa shape index (κ3) is 3.84. The van der Waals surface area contributed by atoms with E-state index in [0.717, 1.165) is 17.0 Å². The summed E-state index contributed by atoms with van der Waals surface area (Å²) in [6.45, 7) is 6.55. The molecule has 0 N–H and O–H groups in total. The highest BCUT2D eigenvalue weighted by atomic mass is 32.2. The Balaban J connectivity index is 1.84. The van der Waals surface area contributed by atoms with Gasteiger partial charge < -0.3 is 4.74 Å². The van der Waals surface area contributed by atoms with Crippen LogP contribution in [0.25, 0.3) is 6.08 Å². The maximum atomic E-state index is 12.8. The van der Waals surface area contributed by atoms with Gasteiger partial charge in [-0.25, -0.2) is 0 Å². The van der Waals surface area contributed by atoms with Crippen molar-refractivity contribution < 1.29 is 9.53 Å². The number of thioether (sulfide) groups is 1. The second-order valence-corrected chi connectivity index (χ2v) is 8.76. The van der Waals surface area contributed by atoms with E-state index < -0.39 is 0 Å². The molecule has 134 valence electrons. The average molecular weight is 384 g/mol. The van der Waals surface area contributed by atoms with Crippen LogP contribution in [-0.4, -0.2) is 17.3 Å². The number of carbonyl (C=O) groups is 1. The first-order valence-corrected chi connectivity index (χ1v) is 9.54. The van der Waals surface area contributed by atoms with E-state index in [9.17, 15) is 4.79 Å². The van der Waals surface area contributed by atoms with Crippen LogP contribution in [0.2, 0.25) is 0 Å². The first kappa shape index (κ1) is 18.7. The van der Waals surface area contributed by atoms with Gasteiger partial charge in [0.1, 0.15) is 5.75 Å². The molecule has 2 aromatic rings. The van der Waals surface area contributed by atoms with Gasteiger partial charge in [-0.3, -0.25) is 9.69 Å². The van der Waals surface area contributed by atoms with E-state index in [1.807, 2.05) is 42.5 Å². The van der Waals surface area contributed by atoms with Crippen molar-refractivity contribution in [3.8, 4) is 5.75 Å². The maximum Gasteiger partial charge on any atom is 0.270 e. The summed E-state index contributed by atoms with van der Waals surface area (Å²) >= 11 is 6.75. The molecule has 1 fully saturated rings. The number of thiocarbonyl (C=S) groups is 1. The van der Waals surface area contributed by atoms with E-state index in [-0.39, 0.29) is 11.3 Å². The highest BCUT2D eigenvalue weighted by Gasteiger charge is 2.33. The number of carbonyl (C=O) groups excluding carboxylic acids is 1. The molecule has 1 aliphatic heterocycles. The summed E-state index contributed by atoms with van der Waals surface area (Å²) in [4.78, 5) is 15.0. The summed E-state index contributed by atoms with van der Waals surface area (Å²) in [6, 6.07) is 15.6. The van der Waals surface area contributed by atoms with Crippen LogP contribution < -0.4 is 9.64 Å². The monoisotopic (exact) mass is 383 g/mol. The molecule has 5 heteroatoms. The molecule has 1 amide bonds. The van der Waals surface area contributed by atoms with Crippen molar-refractivity contribution >= 4 is 46.0 Å². The van der Waals surface area contributed by atoms with Crippen molar-refractivity contribution in [1.82, 2.24) is 0 Å². The van der Waals surface area contributed by atoms with Gasteiger partial charge in [-0.15, -0.1) is 0 Å². The molecule has 1 heterocycles. The number of hydrogen-bond donors (Lipinski definition) is 0. The molecule has 0 bridgehead atoms. The molecule has 0 aromatic heterocycles. The van der Waals surface area contributed by atoms with Crippen LogP contribution in [0.1, 0.15) is 31.9 Å². The number of amides is 1. The van der Waals surface area contributed by atoms with Gasteiger partial charge in [0.05, 0.1) is 17.7 Å². The lowest BCUT2D eigenvalue weighted by molar-refractivity contribution is -0.113. The molecule has 2 aromatic carbocycles. The molecule has 0 unspecified atom stereocenters. The standard InChI is InChI=1S/C21H21NO2S2/c1-21(2,3)15-7-5-14(6-8-15)13-18-19(23)22(20(25)26-18)16-9-11-17(24-4)12-10-16/h5-13H,1-4H3/b18-13-. The molecule has 3 nitrogen and oxygen atoms in total. The van der Waals surface area contributed by atoms with Crippen LogP contribution >= 0.6 is 24.0 Å². The molecule has 3 rings (SSSR count). The minimum Gasteiger partial charge on any atom is -0.497 e. The van der Waals surface area contributed by atoms with Crippen LogP contribution in [0.5, 0.6) is 5.75 Å². The highest BCUT2D eigenvalue weighted by molar-refractivity contribution is 8.27. The van der Waals surface area contributed by atoms with Crippen molar-refractivity contribution in [2.24, 2.45) is 0 Å². The van der Waals surface area contributed by atoms with E-state index in [4.69, 9.17) is 17.0 Å². The fourth-order valence-corrected chi connectivity index (χ4v) is 3.95. The van der Waals surface area contributed by atoms with E-state index in [1.165, 1.54) is 17.3 Å². The topological polar surface area (TPSA) is 29.5 Å². The van der Waals surface area contributed by atoms with Gasteiger partial charge in [0.15, 0.2) is 4.32 Å². The molecule has 26 heavy (non-hydrogen) atoms. The predicted molar refractivity (Wildman–Crippen MR) is 114 cm³/mol. The fourth-order valence-electron chi connectivity index (χ4n) is 2.65. The Morgan fingerprint density at radius 3 is 2.19 bits per heavy atom. The molecule has 0 radical (unpaired) electrons. The van der Waals surface area contributed by atoms with Gasteiger partial charge >= 0.3 is 0 Å². The predicted octanol–water partition coefficient (Wildman–Crippen LogP) is 5.40. The summed E-state index contributed by atoms with van der Waals surface area (Å²) in [5, 5.41) is 0. The van der Waals surface area contributed by atoms with Crippen molar-refractivity contribution in [3.63, 3.8) is 0 Å². The Hall–Kier alpha value is -2.11. The summed E-state index contributed by atoms with van der Waals surface area (Å²) in [5.74, 6) is 0.652. The summed E-state index contributed by atoms with van der Waals surface area (Å²) in [6.07, 6.45) is 1.90. The zero-order chi connectivity index (χ0) is 18.9. The second-order valence-electron chi connectivity index (χ2n) is 7.09. The highest BCUT2D eigenvalue weighted by Crippen LogP contribution is 2.36. The Morgan fingerprint density at radius 1 is 1.04 bits per heavy atom. The van der Waals surface area contributed by atoms with Gasteiger partial charge in [0, 0.05) is 0 Å². The van der Waals surface area contributed by atoms with Crippen molar-refractivity contribution in [1.29, 1.82) is 0 Å². The van der Waals surface area contributed by atoms with Crippen molar-refractivity contribution in [2.75, 3.05) is 12.0 Å². The molecular weight excluding hydrogens is 362 g/mol. The number of methoxy groups -OCH3 is 1. The van der Waals surface area contributed by atoms with E-state index in [1.54, 1.807) is 12.0 Å². The Labute approximate surface area is 164 Å². The quantitative estimate of drug-likeness (QED) is 0.524. The van der Waals surface area contributed by atoms with Gasteiger partial charge in [-0.1, -0.05) is 69.0 Å². The first-order valence-electron chi connectivity index (χ1n) is 8.32. The number of rotatable bonds is 3. The lowest BCUT2D eigenvalue weighted by Gasteiger charge is -2.18. The minimum atomic E-state index is -0.0925. The van der Waals surface area contributed by atoms with E-state index in [2.05, 4.69) is 32.9 Å². The van der Waals surface area contributed by atoms with Crippen LogP contribution in [0.15, 0.2) is 53.4 Å². The minimum absolute atomic E-state index is 0.0925. The van der Waals surface area contributed by atoms with Crippen LogP contribution in [0, 0.1) is 0 Å². The third-order valence-electron chi connectivity index (χ3n) is 4.20. The zero-order valence-electron chi connectivity index (χ0n) is 15.3. The average Bonchev–Trinajstić information content (AvgIpc) is 2.88. The number of benzene rings is 2.